The van der Waals surface area contributed by atoms with Crippen LogP contribution < -0.4 is 5.32 Å². The molecule has 0 heterocycles. The summed E-state index contributed by atoms with van der Waals surface area (Å²) in [5, 5.41) is 2.48. The number of rotatable bonds is 9. The summed E-state index contributed by atoms with van der Waals surface area (Å²) >= 11 is 0. The van der Waals surface area contributed by atoms with Crippen LogP contribution in [0.4, 0.5) is 0 Å². The first-order valence-electron chi connectivity index (χ1n) is 7.49. The highest BCUT2D eigenvalue weighted by Crippen LogP contribution is 2.26. The molecule has 0 aromatic heterocycles. The second kappa shape index (κ2) is 9.37. The molecular weight excluding hydrogens is 274 g/mol. The average Bonchev–Trinajstić information content (AvgIpc) is 2.42. The Balaban J connectivity index is 5.64. The van der Waals surface area contributed by atoms with Gasteiger partial charge in [-0.05, 0) is 20.3 Å². The highest BCUT2D eigenvalue weighted by molar-refractivity contribution is 6.08. The van der Waals surface area contributed by atoms with Gasteiger partial charge in [-0.15, -0.1) is 0 Å². The molecule has 0 rings (SSSR count). The molecule has 6 nitrogen and oxygen atoms in total. The van der Waals surface area contributed by atoms with E-state index in [4.69, 9.17) is 9.47 Å². The number of nitrogens with one attached hydrogen (secondary N) is 1. The molecule has 0 aliphatic heterocycles. The van der Waals surface area contributed by atoms with E-state index in [1.807, 2.05) is 6.92 Å². The Labute approximate surface area is 126 Å². The van der Waals surface area contributed by atoms with Gasteiger partial charge in [-0.25, -0.2) is 9.59 Å². The maximum absolute atomic E-state index is 12.4. The van der Waals surface area contributed by atoms with Crippen molar-refractivity contribution in [3.05, 3.63) is 0 Å². The number of unbranched alkanes of at least 4 members (excludes halogenated alkanes) is 1. The monoisotopic (exact) mass is 301 g/mol. The normalized spacial score (nSPS) is 12.4. The van der Waals surface area contributed by atoms with Crippen LogP contribution in [-0.2, 0) is 23.9 Å². The minimum absolute atomic E-state index is 0.125. The topological polar surface area (TPSA) is 81.7 Å². The van der Waals surface area contributed by atoms with Crippen LogP contribution in [0.2, 0.25) is 0 Å². The summed E-state index contributed by atoms with van der Waals surface area (Å²) in [6.45, 7) is 8.58. The summed E-state index contributed by atoms with van der Waals surface area (Å²) in [5.41, 5.74) is -1.77. The molecule has 1 amide bonds. The summed E-state index contributed by atoms with van der Waals surface area (Å²) in [6.07, 6.45) is 2.36. The molecule has 0 saturated carbocycles. The predicted octanol–water partition coefficient (Wildman–Crippen LogP) is 1.81. The van der Waals surface area contributed by atoms with E-state index in [0.717, 1.165) is 12.8 Å². The number of hydrogen-bond acceptors (Lipinski definition) is 5. The van der Waals surface area contributed by atoms with E-state index in [1.165, 1.54) is 6.92 Å². The van der Waals surface area contributed by atoms with Crippen molar-refractivity contribution < 1.29 is 23.9 Å². The zero-order valence-corrected chi connectivity index (χ0v) is 13.7. The fourth-order valence-electron chi connectivity index (χ4n) is 2.21. The molecule has 0 bridgehead atoms. The van der Waals surface area contributed by atoms with E-state index < -0.39 is 29.3 Å². The molecule has 122 valence electrons. The van der Waals surface area contributed by atoms with Gasteiger partial charge in [-0.1, -0.05) is 26.7 Å². The van der Waals surface area contributed by atoms with Crippen LogP contribution in [0.1, 0.15) is 53.9 Å². The molecule has 21 heavy (non-hydrogen) atoms. The first-order valence-corrected chi connectivity index (χ1v) is 7.49. The predicted molar refractivity (Wildman–Crippen MR) is 78.5 cm³/mol. The number of ether oxygens (including phenoxy) is 2. The van der Waals surface area contributed by atoms with E-state index in [9.17, 15) is 14.4 Å². The highest BCUT2D eigenvalue weighted by Gasteiger charge is 2.53. The van der Waals surface area contributed by atoms with Gasteiger partial charge in [0.25, 0.3) is 0 Å². The number of amides is 1. The van der Waals surface area contributed by atoms with E-state index in [2.05, 4.69) is 5.32 Å². The molecule has 6 heteroatoms. The maximum atomic E-state index is 12.4. The van der Waals surface area contributed by atoms with E-state index in [-0.39, 0.29) is 13.2 Å². The zero-order chi connectivity index (χ0) is 16.5. The minimum Gasteiger partial charge on any atom is -0.464 e. The fraction of sp³-hybridized carbons (Fsp3) is 0.800. The summed E-state index contributed by atoms with van der Waals surface area (Å²) in [5.74, 6) is -2.41. The fourth-order valence-corrected chi connectivity index (χ4v) is 2.21. The number of carbonyl (C=O) groups is 3. The van der Waals surface area contributed by atoms with Gasteiger partial charge < -0.3 is 14.8 Å². The van der Waals surface area contributed by atoms with Crippen molar-refractivity contribution in [3.8, 4) is 0 Å². The van der Waals surface area contributed by atoms with Crippen molar-refractivity contribution in [3.63, 3.8) is 0 Å². The molecule has 0 radical (unpaired) electrons. The first-order chi connectivity index (χ1) is 9.86. The summed E-state index contributed by atoms with van der Waals surface area (Å²) in [6, 6.07) is 0. The Morgan fingerprint density at radius 1 is 1.05 bits per heavy atom. The third-order valence-corrected chi connectivity index (χ3v) is 3.30. The lowest BCUT2D eigenvalue weighted by Crippen LogP contribution is -2.64. The van der Waals surface area contributed by atoms with Crippen molar-refractivity contribution in [2.24, 2.45) is 5.92 Å². The average molecular weight is 301 g/mol. The second-order valence-corrected chi connectivity index (χ2v) is 4.97. The molecule has 0 aromatic carbocycles. The Bertz CT molecular complexity index is 349. The Morgan fingerprint density at radius 2 is 1.52 bits per heavy atom. The van der Waals surface area contributed by atoms with Crippen molar-refractivity contribution in [2.45, 2.75) is 59.4 Å². The van der Waals surface area contributed by atoms with Gasteiger partial charge in [-0.2, -0.15) is 0 Å². The van der Waals surface area contributed by atoms with E-state index in [1.54, 1.807) is 20.8 Å². The molecule has 1 unspecified atom stereocenters. The lowest BCUT2D eigenvalue weighted by Gasteiger charge is -2.34. The number of carbonyl (C=O) groups excluding carboxylic acids is 3. The van der Waals surface area contributed by atoms with Crippen LogP contribution in [0.25, 0.3) is 0 Å². The molecule has 0 aliphatic carbocycles. The SMILES string of the molecule is CCCCC(C)C(NC(C)=O)(C(=O)OCC)C(=O)OCC. The van der Waals surface area contributed by atoms with Crippen molar-refractivity contribution in [1.29, 1.82) is 0 Å². The molecule has 1 N–H and O–H groups in total. The molecule has 0 spiro atoms. The Morgan fingerprint density at radius 3 is 1.86 bits per heavy atom. The quantitative estimate of drug-likeness (QED) is 0.519. The Kier molecular flexibility index (Phi) is 8.66. The zero-order valence-electron chi connectivity index (χ0n) is 13.7. The van der Waals surface area contributed by atoms with Crippen molar-refractivity contribution in [1.82, 2.24) is 5.32 Å². The standard InChI is InChI=1S/C15H27NO5/c1-6-9-10-11(4)15(16-12(5)17,13(18)20-7-2)14(19)21-8-3/h11H,6-10H2,1-5H3,(H,16,17). The largest absolute Gasteiger partial charge is 0.464 e. The van der Waals surface area contributed by atoms with Crippen LogP contribution in [0, 0.1) is 5.92 Å². The van der Waals surface area contributed by atoms with Crippen LogP contribution >= 0.6 is 0 Å². The minimum atomic E-state index is -1.77. The molecule has 0 fully saturated rings. The van der Waals surface area contributed by atoms with Crippen molar-refractivity contribution in [2.75, 3.05) is 13.2 Å². The summed E-state index contributed by atoms with van der Waals surface area (Å²) in [4.78, 5) is 36.3. The van der Waals surface area contributed by atoms with Crippen LogP contribution in [-0.4, -0.2) is 36.6 Å². The van der Waals surface area contributed by atoms with Gasteiger partial charge in [-0.3, -0.25) is 4.79 Å². The van der Waals surface area contributed by atoms with Gasteiger partial charge in [0.15, 0.2) is 0 Å². The number of hydrogen-bond donors (Lipinski definition) is 1. The van der Waals surface area contributed by atoms with E-state index in [0.29, 0.717) is 6.42 Å². The van der Waals surface area contributed by atoms with Crippen molar-refractivity contribution >= 4 is 17.8 Å². The summed E-state index contributed by atoms with van der Waals surface area (Å²) in [7, 11) is 0. The van der Waals surface area contributed by atoms with Gasteiger partial charge in [0.1, 0.15) is 0 Å². The third kappa shape index (κ3) is 5.02. The lowest BCUT2D eigenvalue weighted by molar-refractivity contribution is -0.171. The van der Waals surface area contributed by atoms with Crippen LogP contribution in [0.5, 0.6) is 0 Å². The molecule has 0 saturated heterocycles. The molecular formula is C15H27NO5. The van der Waals surface area contributed by atoms with Gasteiger partial charge >= 0.3 is 11.9 Å². The second-order valence-electron chi connectivity index (χ2n) is 4.97. The first kappa shape index (κ1) is 19.4. The molecule has 0 aromatic rings. The van der Waals surface area contributed by atoms with Crippen LogP contribution in [0.3, 0.4) is 0 Å². The lowest BCUT2D eigenvalue weighted by atomic mass is 9.81. The van der Waals surface area contributed by atoms with Crippen LogP contribution in [0.15, 0.2) is 0 Å². The Hall–Kier alpha value is -1.59. The van der Waals surface area contributed by atoms with E-state index >= 15 is 0 Å². The van der Waals surface area contributed by atoms with Gasteiger partial charge in [0.05, 0.1) is 13.2 Å². The molecule has 1 atom stereocenters. The summed E-state index contributed by atoms with van der Waals surface area (Å²) < 4.78 is 10.0. The smallest absolute Gasteiger partial charge is 0.343 e. The maximum Gasteiger partial charge on any atom is 0.343 e. The molecule has 0 aliphatic rings. The number of esters is 2. The third-order valence-electron chi connectivity index (χ3n) is 3.30. The van der Waals surface area contributed by atoms with Gasteiger partial charge in [0.2, 0.25) is 11.4 Å². The highest BCUT2D eigenvalue weighted by atomic mass is 16.6. The van der Waals surface area contributed by atoms with Gasteiger partial charge in [0, 0.05) is 12.8 Å².